The van der Waals surface area contributed by atoms with Crippen LogP contribution in [0.4, 0.5) is 0 Å². The van der Waals surface area contributed by atoms with Crippen molar-refractivity contribution in [3.63, 3.8) is 0 Å². The zero-order chi connectivity index (χ0) is 24.0. The highest BCUT2D eigenvalue weighted by molar-refractivity contribution is 7.97. The molecule has 0 bridgehead atoms. The van der Waals surface area contributed by atoms with Crippen molar-refractivity contribution in [2.45, 2.75) is 40.4 Å². The van der Waals surface area contributed by atoms with E-state index in [0.717, 1.165) is 16.7 Å². The Morgan fingerprint density at radius 3 is 1.52 bits per heavy atom. The highest BCUT2D eigenvalue weighted by Gasteiger charge is 2.32. The van der Waals surface area contributed by atoms with E-state index in [9.17, 15) is 18.1 Å². The van der Waals surface area contributed by atoms with Crippen molar-refractivity contribution in [2.24, 2.45) is 0 Å². The molecule has 0 unspecified atom stereocenters. The summed E-state index contributed by atoms with van der Waals surface area (Å²) in [6, 6.07) is 30.7. The lowest BCUT2D eigenvalue weighted by atomic mass is 10.1. The normalized spacial score (nSPS) is 11.1. The van der Waals surface area contributed by atoms with Gasteiger partial charge in [0.2, 0.25) is 0 Å². The molecule has 0 aromatic heterocycles. The van der Waals surface area contributed by atoms with Crippen LogP contribution in [0.2, 0.25) is 0 Å². The highest BCUT2D eigenvalue weighted by atomic mass is 32.2. The molecule has 0 atom stereocenters. The van der Waals surface area contributed by atoms with E-state index in [0.29, 0.717) is 5.75 Å². The van der Waals surface area contributed by atoms with Gasteiger partial charge in [-0.3, -0.25) is 0 Å². The Balaban J connectivity index is 0.000000235. The minimum absolute atomic E-state index is 0.157. The minimum Gasteiger partial charge on any atom is -0.744 e. The average Bonchev–Trinajstić information content (AvgIpc) is 2.77. The van der Waals surface area contributed by atoms with Gasteiger partial charge in [-0.15, -0.1) is 0 Å². The van der Waals surface area contributed by atoms with Crippen LogP contribution < -0.4 is 0 Å². The van der Waals surface area contributed by atoms with E-state index in [1.165, 1.54) is 26.8 Å². The smallest absolute Gasteiger partial charge is 0.172 e. The van der Waals surface area contributed by atoms with Crippen molar-refractivity contribution in [1.29, 1.82) is 0 Å². The molecule has 4 rings (SSSR count). The predicted molar refractivity (Wildman–Crippen MR) is 132 cm³/mol. The van der Waals surface area contributed by atoms with Crippen LogP contribution in [-0.2, 0) is 21.0 Å². The fraction of sp³-hybridized carbons (Fsp3) is 0.111. The second-order valence-electron chi connectivity index (χ2n) is 7.61. The molecule has 0 heterocycles. The van der Waals surface area contributed by atoms with Crippen molar-refractivity contribution >= 4 is 21.0 Å². The number of hydrogen-bond donors (Lipinski definition) is 1. The molecule has 0 saturated carbocycles. The van der Waals surface area contributed by atoms with E-state index in [1.54, 1.807) is 12.1 Å². The fourth-order valence-corrected chi connectivity index (χ4v) is 6.27. The molecule has 170 valence electrons. The number of aromatic hydroxyl groups is 1. The van der Waals surface area contributed by atoms with Crippen LogP contribution in [0.1, 0.15) is 16.7 Å². The summed E-state index contributed by atoms with van der Waals surface area (Å²) in [6.45, 7) is 5.98. The lowest BCUT2D eigenvalue weighted by molar-refractivity contribution is 0.463. The molecule has 6 heteroatoms. The Labute approximate surface area is 198 Å². The minimum atomic E-state index is -4.27. The Hall–Kier alpha value is -3.06. The molecule has 0 radical (unpaired) electrons. The van der Waals surface area contributed by atoms with Gasteiger partial charge in [-0.25, -0.2) is 8.42 Å². The molecule has 4 aromatic carbocycles. The third-order valence-electron chi connectivity index (χ3n) is 4.92. The molecule has 0 spiro atoms. The first-order chi connectivity index (χ1) is 15.7. The summed E-state index contributed by atoms with van der Waals surface area (Å²) >= 11 is 0. The van der Waals surface area contributed by atoms with Crippen LogP contribution in [0.3, 0.4) is 0 Å². The molecule has 0 amide bonds. The SMILES string of the molecule is Cc1cc(O)cc(C)c1[S+](c1ccccc1)c1ccccc1.Cc1ccc(S(=O)(=O)[O-])cc1. The summed E-state index contributed by atoms with van der Waals surface area (Å²) in [6.07, 6.45) is 0. The first-order valence-corrected chi connectivity index (χ1v) is 13.0. The topological polar surface area (TPSA) is 77.4 Å². The number of aryl methyl sites for hydroxylation is 3. The molecule has 0 aliphatic heterocycles. The van der Waals surface area contributed by atoms with E-state index in [4.69, 9.17) is 0 Å². The maximum Gasteiger partial charge on any atom is 0.172 e. The van der Waals surface area contributed by atoms with E-state index in [-0.39, 0.29) is 15.8 Å². The molecule has 4 nitrogen and oxygen atoms in total. The summed E-state index contributed by atoms with van der Waals surface area (Å²) in [4.78, 5) is 3.72. The summed E-state index contributed by atoms with van der Waals surface area (Å²) < 4.78 is 31.2. The summed E-state index contributed by atoms with van der Waals surface area (Å²) in [5.41, 5.74) is 3.19. The maximum absolute atomic E-state index is 10.4. The van der Waals surface area contributed by atoms with Crippen molar-refractivity contribution in [3.05, 3.63) is 114 Å². The van der Waals surface area contributed by atoms with Gasteiger partial charge in [-0.1, -0.05) is 54.1 Å². The average molecular weight is 479 g/mol. The quantitative estimate of drug-likeness (QED) is 0.288. The predicted octanol–water partition coefficient (Wildman–Crippen LogP) is 6.00. The van der Waals surface area contributed by atoms with Crippen molar-refractivity contribution in [1.82, 2.24) is 0 Å². The van der Waals surface area contributed by atoms with Gasteiger partial charge < -0.3 is 9.66 Å². The van der Waals surface area contributed by atoms with Gasteiger partial charge in [0.25, 0.3) is 0 Å². The third kappa shape index (κ3) is 6.48. The maximum atomic E-state index is 10.4. The van der Waals surface area contributed by atoms with E-state index in [1.807, 2.05) is 31.2 Å². The molecule has 0 aliphatic carbocycles. The highest BCUT2D eigenvalue weighted by Crippen LogP contribution is 2.36. The Kier molecular flexibility index (Phi) is 7.97. The second-order valence-corrected chi connectivity index (χ2v) is 11.0. The zero-order valence-corrected chi connectivity index (χ0v) is 20.4. The monoisotopic (exact) mass is 478 g/mol. The molecule has 4 aromatic rings. The molecule has 0 aliphatic rings. The van der Waals surface area contributed by atoms with Gasteiger partial charge >= 0.3 is 0 Å². The standard InChI is InChI=1S/C20H18OS.C7H8O3S/c1-15-13-17(21)14-16(2)20(15)22(18-9-5-3-6-10-18)19-11-7-4-8-12-19;1-6-2-4-7(5-3-6)11(8,9)10/h3-14H,1-2H3;2-5H,1H3,(H,8,9,10). The van der Waals surface area contributed by atoms with E-state index >= 15 is 0 Å². The molecular formula is C27H26O4S2. The summed E-state index contributed by atoms with van der Waals surface area (Å²) in [5.74, 6) is 0.337. The number of rotatable bonds is 4. The first-order valence-electron chi connectivity index (χ1n) is 10.3. The molecule has 0 fully saturated rings. The van der Waals surface area contributed by atoms with Crippen LogP contribution in [0, 0.1) is 20.8 Å². The van der Waals surface area contributed by atoms with Crippen LogP contribution in [0.25, 0.3) is 0 Å². The van der Waals surface area contributed by atoms with Crippen molar-refractivity contribution in [3.8, 4) is 5.75 Å². The lowest BCUT2D eigenvalue weighted by Crippen LogP contribution is -2.08. The summed E-state index contributed by atoms with van der Waals surface area (Å²) in [7, 11) is -4.43. The number of benzene rings is 4. The molecule has 0 saturated heterocycles. The molecular weight excluding hydrogens is 452 g/mol. The number of phenolic OH excluding ortho intramolecular Hbond substituents is 1. The van der Waals surface area contributed by atoms with Gasteiger partial charge in [0.05, 0.1) is 15.8 Å². The zero-order valence-electron chi connectivity index (χ0n) is 18.7. The Morgan fingerprint density at radius 1 is 0.697 bits per heavy atom. The molecule has 33 heavy (non-hydrogen) atoms. The van der Waals surface area contributed by atoms with E-state index < -0.39 is 10.1 Å². The number of phenols is 1. The largest absolute Gasteiger partial charge is 0.744 e. The van der Waals surface area contributed by atoms with Crippen LogP contribution in [0.15, 0.2) is 117 Å². The van der Waals surface area contributed by atoms with Crippen molar-refractivity contribution in [2.75, 3.05) is 0 Å². The van der Waals surface area contributed by atoms with Crippen molar-refractivity contribution < 1.29 is 18.1 Å². The Bertz CT molecular complexity index is 1240. The van der Waals surface area contributed by atoms with Gasteiger partial charge in [-0.2, -0.15) is 0 Å². The number of hydrogen-bond acceptors (Lipinski definition) is 4. The Morgan fingerprint density at radius 2 is 1.12 bits per heavy atom. The second kappa shape index (κ2) is 10.7. The first kappa shape index (κ1) is 24.6. The van der Waals surface area contributed by atoms with E-state index in [2.05, 4.69) is 62.4 Å². The van der Waals surface area contributed by atoms with Gasteiger partial charge in [0.15, 0.2) is 14.7 Å². The fourth-order valence-electron chi connectivity index (χ4n) is 3.44. The van der Waals surface area contributed by atoms with Gasteiger partial charge in [0.1, 0.15) is 15.9 Å². The van der Waals surface area contributed by atoms with Gasteiger partial charge in [0, 0.05) is 11.1 Å². The lowest BCUT2D eigenvalue weighted by Gasteiger charge is -2.13. The van der Waals surface area contributed by atoms with Crippen LogP contribution in [-0.4, -0.2) is 18.1 Å². The molecule has 1 N–H and O–H groups in total. The van der Waals surface area contributed by atoms with Gasteiger partial charge in [-0.05, 0) is 69.3 Å². The third-order valence-corrected chi connectivity index (χ3v) is 8.31. The van der Waals surface area contributed by atoms with Crippen LogP contribution in [0.5, 0.6) is 5.75 Å². The van der Waals surface area contributed by atoms with Crippen LogP contribution >= 0.6 is 0 Å². The summed E-state index contributed by atoms with van der Waals surface area (Å²) in [5, 5.41) is 9.84.